The van der Waals surface area contributed by atoms with Crippen molar-refractivity contribution in [2.24, 2.45) is 0 Å². The van der Waals surface area contributed by atoms with Gasteiger partial charge in [0.1, 0.15) is 0 Å². The van der Waals surface area contributed by atoms with Gasteiger partial charge in [0.15, 0.2) is 0 Å². The lowest BCUT2D eigenvalue weighted by atomic mass is 9.95. The van der Waals surface area contributed by atoms with Crippen molar-refractivity contribution in [1.82, 2.24) is 0 Å². The minimum Gasteiger partial charge on any atom is -0.393 e. The molecule has 0 heterocycles. The van der Waals surface area contributed by atoms with E-state index in [0.29, 0.717) is 6.10 Å². The first-order valence-electron chi connectivity index (χ1n) is 3.36. The standard InChI is InChI=1S/C6H13O2P/c7-5-1-3-6(8-9)4-2-5/h5-7H,1-4,9H2. The molecule has 1 aliphatic rings. The van der Waals surface area contributed by atoms with E-state index in [4.69, 9.17) is 9.63 Å². The molecule has 0 amide bonds. The van der Waals surface area contributed by atoms with Crippen molar-refractivity contribution in [3.8, 4) is 0 Å². The Morgan fingerprint density at radius 3 is 2.22 bits per heavy atom. The van der Waals surface area contributed by atoms with E-state index in [1.165, 1.54) is 0 Å². The molecular weight excluding hydrogens is 135 g/mol. The molecule has 1 N–H and O–H groups in total. The van der Waals surface area contributed by atoms with Crippen molar-refractivity contribution >= 4 is 9.47 Å². The molecule has 1 atom stereocenters. The van der Waals surface area contributed by atoms with Crippen molar-refractivity contribution in [1.29, 1.82) is 0 Å². The van der Waals surface area contributed by atoms with Crippen molar-refractivity contribution in [2.45, 2.75) is 37.9 Å². The van der Waals surface area contributed by atoms with Crippen molar-refractivity contribution < 1.29 is 9.63 Å². The number of aliphatic hydroxyl groups is 1. The summed E-state index contributed by atoms with van der Waals surface area (Å²) in [6.45, 7) is 0. The zero-order valence-electron chi connectivity index (χ0n) is 5.42. The third-order valence-electron chi connectivity index (χ3n) is 1.84. The van der Waals surface area contributed by atoms with Gasteiger partial charge in [-0.15, -0.1) is 0 Å². The molecule has 0 saturated heterocycles. The van der Waals surface area contributed by atoms with Crippen LogP contribution in [0.2, 0.25) is 0 Å². The average Bonchev–Trinajstić information content (AvgIpc) is 1.90. The van der Waals surface area contributed by atoms with Gasteiger partial charge in [-0.2, -0.15) is 0 Å². The van der Waals surface area contributed by atoms with Crippen LogP contribution in [0.5, 0.6) is 0 Å². The minimum atomic E-state index is -0.0681. The summed E-state index contributed by atoms with van der Waals surface area (Å²) in [4.78, 5) is 0. The fraction of sp³-hybridized carbons (Fsp3) is 1.00. The van der Waals surface area contributed by atoms with Gasteiger partial charge in [0.2, 0.25) is 0 Å². The van der Waals surface area contributed by atoms with Crippen LogP contribution in [-0.4, -0.2) is 17.3 Å². The maximum absolute atomic E-state index is 9.06. The van der Waals surface area contributed by atoms with Crippen LogP contribution in [0.1, 0.15) is 25.7 Å². The molecule has 9 heavy (non-hydrogen) atoms. The molecule has 0 aliphatic heterocycles. The van der Waals surface area contributed by atoms with Gasteiger partial charge >= 0.3 is 0 Å². The van der Waals surface area contributed by atoms with Crippen LogP contribution in [0.25, 0.3) is 0 Å². The van der Waals surface area contributed by atoms with E-state index in [1.54, 1.807) is 0 Å². The fourth-order valence-electron chi connectivity index (χ4n) is 1.18. The highest BCUT2D eigenvalue weighted by Gasteiger charge is 2.18. The topological polar surface area (TPSA) is 29.5 Å². The summed E-state index contributed by atoms with van der Waals surface area (Å²) in [7, 11) is 2.28. The molecule has 2 nitrogen and oxygen atoms in total. The molecule has 0 spiro atoms. The van der Waals surface area contributed by atoms with Crippen LogP contribution in [0, 0.1) is 0 Å². The largest absolute Gasteiger partial charge is 0.393 e. The maximum atomic E-state index is 9.06. The van der Waals surface area contributed by atoms with Gasteiger partial charge in [-0.05, 0) is 25.7 Å². The molecular formula is C6H13O2P. The van der Waals surface area contributed by atoms with Gasteiger partial charge in [-0.3, -0.25) is 0 Å². The molecule has 0 radical (unpaired) electrons. The van der Waals surface area contributed by atoms with Crippen molar-refractivity contribution in [3.63, 3.8) is 0 Å². The summed E-state index contributed by atoms with van der Waals surface area (Å²) in [5.41, 5.74) is 0. The lowest BCUT2D eigenvalue weighted by Gasteiger charge is -2.23. The highest BCUT2D eigenvalue weighted by atomic mass is 31.0. The van der Waals surface area contributed by atoms with Gasteiger partial charge in [0, 0.05) is 9.47 Å². The van der Waals surface area contributed by atoms with E-state index in [-0.39, 0.29) is 6.10 Å². The number of rotatable bonds is 1. The van der Waals surface area contributed by atoms with Crippen LogP contribution in [-0.2, 0) is 4.52 Å². The average molecular weight is 148 g/mol. The number of hydrogen-bond acceptors (Lipinski definition) is 2. The molecule has 1 unspecified atom stereocenters. The Kier molecular flexibility index (Phi) is 2.90. The lowest BCUT2D eigenvalue weighted by Crippen LogP contribution is -2.21. The number of aliphatic hydroxyl groups excluding tert-OH is 1. The molecule has 0 aromatic rings. The Labute approximate surface area is 57.9 Å². The molecule has 3 heteroatoms. The summed E-state index contributed by atoms with van der Waals surface area (Å²) < 4.78 is 5.04. The first kappa shape index (κ1) is 7.46. The Morgan fingerprint density at radius 2 is 1.78 bits per heavy atom. The molecule has 0 aromatic heterocycles. The maximum Gasteiger partial charge on any atom is 0.0612 e. The summed E-state index contributed by atoms with van der Waals surface area (Å²) in [5.74, 6) is 0. The highest BCUT2D eigenvalue weighted by molar-refractivity contribution is 7.09. The molecule has 0 bridgehead atoms. The van der Waals surface area contributed by atoms with Crippen LogP contribution >= 0.6 is 9.47 Å². The summed E-state index contributed by atoms with van der Waals surface area (Å²) >= 11 is 0. The summed E-state index contributed by atoms with van der Waals surface area (Å²) in [6, 6.07) is 0. The Morgan fingerprint density at radius 1 is 1.22 bits per heavy atom. The highest BCUT2D eigenvalue weighted by Crippen LogP contribution is 2.21. The molecule has 1 rings (SSSR count). The first-order valence-corrected chi connectivity index (χ1v) is 3.83. The quantitative estimate of drug-likeness (QED) is 0.564. The predicted octanol–water partition coefficient (Wildman–Crippen LogP) is 1.10. The van der Waals surface area contributed by atoms with E-state index in [2.05, 4.69) is 9.47 Å². The van der Waals surface area contributed by atoms with Crippen LogP contribution in [0.15, 0.2) is 0 Å². The summed E-state index contributed by atoms with van der Waals surface area (Å²) in [5, 5.41) is 9.06. The molecule has 1 saturated carbocycles. The van der Waals surface area contributed by atoms with E-state index in [0.717, 1.165) is 25.7 Å². The lowest BCUT2D eigenvalue weighted by molar-refractivity contribution is 0.0756. The monoisotopic (exact) mass is 148 g/mol. The van der Waals surface area contributed by atoms with Crippen molar-refractivity contribution in [3.05, 3.63) is 0 Å². The Balaban J connectivity index is 2.18. The zero-order chi connectivity index (χ0) is 6.69. The fourth-order valence-corrected chi connectivity index (χ4v) is 1.45. The van der Waals surface area contributed by atoms with Crippen LogP contribution in [0.3, 0.4) is 0 Å². The van der Waals surface area contributed by atoms with Gasteiger partial charge < -0.3 is 9.63 Å². The first-order chi connectivity index (χ1) is 4.33. The van der Waals surface area contributed by atoms with Gasteiger partial charge in [-0.25, -0.2) is 0 Å². The smallest absolute Gasteiger partial charge is 0.0612 e. The van der Waals surface area contributed by atoms with Gasteiger partial charge in [0.25, 0.3) is 0 Å². The van der Waals surface area contributed by atoms with E-state index >= 15 is 0 Å². The molecule has 54 valence electrons. The van der Waals surface area contributed by atoms with Gasteiger partial charge in [-0.1, -0.05) is 0 Å². The predicted molar refractivity (Wildman–Crippen MR) is 39.1 cm³/mol. The second kappa shape index (κ2) is 3.50. The molecule has 0 aromatic carbocycles. The zero-order valence-corrected chi connectivity index (χ0v) is 6.57. The second-order valence-corrected chi connectivity index (χ2v) is 2.84. The van der Waals surface area contributed by atoms with Gasteiger partial charge in [0.05, 0.1) is 12.2 Å². The normalized spacial score (nSPS) is 36.7. The van der Waals surface area contributed by atoms with E-state index in [9.17, 15) is 0 Å². The minimum absolute atomic E-state index is 0.0681. The van der Waals surface area contributed by atoms with E-state index in [1.807, 2.05) is 0 Å². The molecule has 1 aliphatic carbocycles. The Hall–Kier alpha value is 0.350. The third-order valence-corrected chi connectivity index (χ3v) is 2.22. The number of hydrogen-bond donors (Lipinski definition) is 1. The van der Waals surface area contributed by atoms with Crippen molar-refractivity contribution in [2.75, 3.05) is 0 Å². The Bertz CT molecular complexity index is 79.1. The third kappa shape index (κ3) is 2.21. The summed E-state index contributed by atoms with van der Waals surface area (Å²) in [6.07, 6.45) is 4.12. The van der Waals surface area contributed by atoms with E-state index < -0.39 is 0 Å². The van der Waals surface area contributed by atoms with Crippen LogP contribution in [0.4, 0.5) is 0 Å². The SMILES string of the molecule is OC1CCC(OP)CC1. The van der Waals surface area contributed by atoms with Crippen LogP contribution < -0.4 is 0 Å². The second-order valence-electron chi connectivity index (χ2n) is 2.57. The molecule has 1 fully saturated rings.